The molecule has 1 fully saturated rings. The summed E-state index contributed by atoms with van der Waals surface area (Å²) in [5, 5.41) is 12.4. The van der Waals surface area contributed by atoms with Crippen molar-refractivity contribution in [2.75, 3.05) is 19.7 Å². The SMILES string of the molecule is O=C([C@@H]1CCCCN1)N(CCO)Cc1ccccc1. The minimum Gasteiger partial charge on any atom is -0.395 e. The molecule has 1 heterocycles. The van der Waals surface area contributed by atoms with Crippen molar-refractivity contribution in [3.05, 3.63) is 35.9 Å². The van der Waals surface area contributed by atoms with E-state index in [-0.39, 0.29) is 18.6 Å². The minimum atomic E-state index is -0.0796. The molecule has 0 aromatic heterocycles. The molecular weight excluding hydrogens is 240 g/mol. The fourth-order valence-electron chi connectivity index (χ4n) is 2.47. The summed E-state index contributed by atoms with van der Waals surface area (Å²) in [7, 11) is 0. The van der Waals surface area contributed by atoms with Crippen molar-refractivity contribution < 1.29 is 9.90 Å². The Kier molecular flexibility index (Phi) is 5.36. The van der Waals surface area contributed by atoms with Crippen LogP contribution in [-0.4, -0.2) is 41.7 Å². The first-order valence-electron chi connectivity index (χ1n) is 6.98. The van der Waals surface area contributed by atoms with E-state index in [0.29, 0.717) is 13.1 Å². The molecule has 104 valence electrons. The summed E-state index contributed by atoms with van der Waals surface area (Å²) < 4.78 is 0. The molecule has 1 aromatic carbocycles. The van der Waals surface area contributed by atoms with Gasteiger partial charge in [-0.2, -0.15) is 0 Å². The van der Waals surface area contributed by atoms with E-state index < -0.39 is 0 Å². The summed E-state index contributed by atoms with van der Waals surface area (Å²) in [5.74, 6) is 0.109. The third-order valence-electron chi connectivity index (χ3n) is 3.51. The molecule has 0 bridgehead atoms. The number of nitrogens with one attached hydrogen (secondary N) is 1. The molecule has 1 aromatic rings. The number of carbonyl (C=O) groups excluding carboxylic acids is 1. The van der Waals surface area contributed by atoms with Crippen molar-refractivity contribution >= 4 is 5.91 Å². The highest BCUT2D eigenvalue weighted by molar-refractivity contribution is 5.82. The summed E-state index contributed by atoms with van der Waals surface area (Å²) in [4.78, 5) is 14.2. The molecule has 1 aliphatic rings. The normalized spacial score (nSPS) is 19.1. The van der Waals surface area contributed by atoms with Gasteiger partial charge in [-0.1, -0.05) is 36.8 Å². The highest BCUT2D eigenvalue weighted by Crippen LogP contribution is 2.12. The fraction of sp³-hybridized carbons (Fsp3) is 0.533. The molecule has 0 spiro atoms. The van der Waals surface area contributed by atoms with Crippen molar-refractivity contribution in [2.45, 2.75) is 31.8 Å². The summed E-state index contributed by atoms with van der Waals surface area (Å²) in [5.41, 5.74) is 1.10. The second-order valence-corrected chi connectivity index (χ2v) is 4.97. The summed E-state index contributed by atoms with van der Waals surface area (Å²) >= 11 is 0. The average molecular weight is 262 g/mol. The van der Waals surface area contributed by atoms with Gasteiger partial charge in [-0.05, 0) is 24.9 Å². The highest BCUT2D eigenvalue weighted by Gasteiger charge is 2.25. The number of aliphatic hydroxyl groups excluding tert-OH is 1. The Bertz CT molecular complexity index is 388. The lowest BCUT2D eigenvalue weighted by Crippen LogP contribution is -2.49. The Balaban J connectivity index is 2.00. The number of hydrogen-bond acceptors (Lipinski definition) is 3. The van der Waals surface area contributed by atoms with Crippen LogP contribution in [0.25, 0.3) is 0 Å². The predicted octanol–water partition coefficient (Wildman–Crippen LogP) is 1.15. The molecular formula is C15H22N2O2. The zero-order valence-corrected chi connectivity index (χ0v) is 11.2. The number of piperidine rings is 1. The Labute approximate surface area is 114 Å². The van der Waals surface area contributed by atoms with Gasteiger partial charge in [0.15, 0.2) is 0 Å². The first-order chi connectivity index (χ1) is 9.31. The quantitative estimate of drug-likeness (QED) is 0.837. The van der Waals surface area contributed by atoms with Gasteiger partial charge in [-0.15, -0.1) is 0 Å². The molecule has 19 heavy (non-hydrogen) atoms. The molecule has 0 aliphatic carbocycles. The molecule has 0 saturated carbocycles. The maximum Gasteiger partial charge on any atom is 0.240 e. The van der Waals surface area contributed by atoms with Crippen molar-refractivity contribution in [3.63, 3.8) is 0 Å². The summed E-state index contributed by atoms with van der Waals surface area (Å²) in [6.07, 6.45) is 3.14. The molecule has 0 radical (unpaired) electrons. The van der Waals surface area contributed by atoms with E-state index in [4.69, 9.17) is 5.11 Å². The molecule has 2 rings (SSSR count). The fourth-order valence-corrected chi connectivity index (χ4v) is 2.47. The van der Waals surface area contributed by atoms with E-state index in [1.54, 1.807) is 4.90 Å². The van der Waals surface area contributed by atoms with E-state index in [9.17, 15) is 4.79 Å². The van der Waals surface area contributed by atoms with E-state index >= 15 is 0 Å². The second-order valence-electron chi connectivity index (χ2n) is 4.97. The molecule has 1 aliphatic heterocycles. The number of aliphatic hydroxyl groups is 1. The topological polar surface area (TPSA) is 52.6 Å². The largest absolute Gasteiger partial charge is 0.395 e. The number of rotatable bonds is 5. The number of nitrogens with zero attached hydrogens (tertiary/aromatic N) is 1. The van der Waals surface area contributed by atoms with E-state index in [2.05, 4.69) is 5.32 Å². The van der Waals surface area contributed by atoms with Crippen LogP contribution in [0.15, 0.2) is 30.3 Å². The highest BCUT2D eigenvalue weighted by atomic mass is 16.3. The third-order valence-corrected chi connectivity index (χ3v) is 3.51. The number of carbonyl (C=O) groups is 1. The van der Waals surface area contributed by atoms with Crippen LogP contribution in [-0.2, 0) is 11.3 Å². The maximum atomic E-state index is 12.4. The Morgan fingerprint density at radius 1 is 1.32 bits per heavy atom. The Morgan fingerprint density at radius 3 is 2.74 bits per heavy atom. The van der Waals surface area contributed by atoms with Crippen molar-refractivity contribution in [1.82, 2.24) is 10.2 Å². The van der Waals surface area contributed by atoms with Gasteiger partial charge >= 0.3 is 0 Å². The van der Waals surface area contributed by atoms with Gasteiger partial charge in [0.25, 0.3) is 0 Å². The molecule has 1 amide bonds. The van der Waals surface area contributed by atoms with Crippen LogP contribution >= 0.6 is 0 Å². The minimum absolute atomic E-state index is 0.00525. The first-order valence-corrected chi connectivity index (χ1v) is 6.98. The van der Waals surface area contributed by atoms with Gasteiger partial charge in [-0.3, -0.25) is 4.79 Å². The number of benzene rings is 1. The zero-order valence-electron chi connectivity index (χ0n) is 11.2. The first kappa shape index (κ1) is 14.0. The van der Waals surface area contributed by atoms with Gasteiger partial charge in [0, 0.05) is 13.1 Å². The lowest BCUT2D eigenvalue weighted by atomic mass is 10.0. The van der Waals surface area contributed by atoms with Gasteiger partial charge < -0.3 is 15.3 Å². The summed E-state index contributed by atoms with van der Waals surface area (Å²) in [6.45, 7) is 1.88. The van der Waals surface area contributed by atoms with Crippen LogP contribution in [0.3, 0.4) is 0 Å². The number of hydrogen-bond donors (Lipinski definition) is 2. The molecule has 2 N–H and O–H groups in total. The molecule has 1 saturated heterocycles. The van der Waals surface area contributed by atoms with Gasteiger partial charge in [-0.25, -0.2) is 0 Å². The zero-order chi connectivity index (χ0) is 13.5. The molecule has 4 heteroatoms. The molecule has 1 atom stereocenters. The standard InChI is InChI=1S/C15H22N2O2/c18-11-10-17(12-13-6-2-1-3-7-13)15(19)14-8-4-5-9-16-14/h1-3,6-7,14,16,18H,4-5,8-12H2/t14-/m0/s1. The average Bonchev–Trinajstić information content (AvgIpc) is 2.48. The van der Waals surface area contributed by atoms with Crippen LogP contribution in [0.1, 0.15) is 24.8 Å². The second kappa shape index (κ2) is 7.26. The maximum absolute atomic E-state index is 12.4. The van der Waals surface area contributed by atoms with E-state index in [1.807, 2.05) is 30.3 Å². The number of amides is 1. The smallest absolute Gasteiger partial charge is 0.240 e. The van der Waals surface area contributed by atoms with Crippen LogP contribution in [0.2, 0.25) is 0 Å². The molecule has 0 unspecified atom stereocenters. The molecule has 4 nitrogen and oxygen atoms in total. The van der Waals surface area contributed by atoms with Crippen molar-refractivity contribution in [2.24, 2.45) is 0 Å². The predicted molar refractivity (Wildman–Crippen MR) is 74.6 cm³/mol. The Hall–Kier alpha value is -1.39. The van der Waals surface area contributed by atoms with Crippen LogP contribution in [0.4, 0.5) is 0 Å². The van der Waals surface area contributed by atoms with Crippen LogP contribution < -0.4 is 5.32 Å². The van der Waals surface area contributed by atoms with Gasteiger partial charge in [0.1, 0.15) is 0 Å². The van der Waals surface area contributed by atoms with Crippen molar-refractivity contribution in [3.8, 4) is 0 Å². The lowest BCUT2D eigenvalue weighted by Gasteiger charge is -2.29. The van der Waals surface area contributed by atoms with Gasteiger partial charge in [0.2, 0.25) is 5.91 Å². The third kappa shape index (κ3) is 4.04. The summed E-state index contributed by atoms with van der Waals surface area (Å²) in [6, 6.07) is 9.83. The van der Waals surface area contributed by atoms with E-state index in [1.165, 1.54) is 0 Å². The monoisotopic (exact) mass is 262 g/mol. The van der Waals surface area contributed by atoms with Gasteiger partial charge in [0.05, 0.1) is 12.6 Å². The lowest BCUT2D eigenvalue weighted by molar-refractivity contribution is -0.135. The Morgan fingerprint density at radius 2 is 2.11 bits per heavy atom. The van der Waals surface area contributed by atoms with Crippen LogP contribution in [0.5, 0.6) is 0 Å². The van der Waals surface area contributed by atoms with Crippen LogP contribution in [0, 0.1) is 0 Å². The van der Waals surface area contributed by atoms with Crippen molar-refractivity contribution in [1.29, 1.82) is 0 Å². The van der Waals surface area contributed by atoms with E-state index in [0.717, 1.165) is 31.4 Å².